The van der Waals surface area contributed by atoms with Crippen LogP contribution in [-0.2, 0) is 24.2 Å². The number of nitrogens with one attached hydrogen (secondary N) is 1. The Labute approximate surface area is 148 Å². The number of benzene rings is 1. The Hall–Kier alpha value is -1.79. The van der Waals surface area contributed by atoms with Gasteiger partial charge in [-0.3, -0.25) is 0 Å². The van der Waals surface area contributed by atoms with Gasteiger partial charge in [0.2, 0.25) is 0 Å². The summed E-state index contributed by atoms with van der Waals surface area (Å²) in [5, 5.41) is 12.3. The predicted molar refractivity (Wildman–Crippen MR) is 94.8 cm³/mol. The second-order valence-corrected chi connectivity index (χ2v) is 6.86. The molecule has 0 atom stereocenters. The Balaban J connectivity index is 1.73. The van der Waals surface area contributed by atoms with Crippen LogP contribution in [-0.4, -0.2) is 33.5 Å². The first-order valence-electron chi connectivity index (χ1n) is 9.08. The molecule has 5 nitrogen and oxygen atoms in total. The van der Waals surface area contributed by atoms with Crippen molar-refractivity contribution in [1.29, 1.82) is 0 Å². The van der Waals surface area contributed by atoms with E-state index in [-0.39, 0.29) is 11.4 Å². The van der Waals surface area contributed by atoms with Gasteiger partial charge in [-0.15, -0.1) is 10.2 Å². The lowest BCUT2D eigenvalue weighted by Gasteiger charge is -2.38. The number of nitrogens with zero attached hydrogens (tertiary/aromatic N) is 3. The molecule has 6 heteroatoms. The second-order valence-electron chi connectivity index (χ2n) is 6.86. The van der Waals surface area contributed by atoms with E-state index >= 15 is 0 Å². The van der Waals surface area contributed by atoms with Crippen LogP contribution in [0.3, 0.4) is 0 Å². The van der Waals surface area contributed by atoms with Crippen LogP contribution in [0.1, 0.15) is 43.4 Å². The zero-order valence-electron chi connectivity index (χ0n) is 15.1. The summed E-state index contributed by atoms with van der Waals surface area (Å²) in [6.45, 7) is 7.26. The third-order valence-electron chi connectivity index (χ3n) is 4.99. The molecule has 136 valence electrons. The normalized spacial score (nSPS) is 16.9. The van der Waals surface area contributed by atoms with E-state index < -0.39 is 0 Å². The monoisotopic (exact) mass is 346 g/mol. The van der Waals surface area contributed by atoms with Gasteiger partial charge in [0.05, 0.1) is 6.54 Å². The maximum Gasteiger partial charge on any atom is 0.147 e. The van der Waals surface area contributed by atoms with Crippen molar-refractivity contribution in [3.63, 3.8) is 0 Å². The van der Waals surface area contributed by atoms with Crippen LogP contribution in [0, 0.1) is 12.7 Å². The van der Waals surface area contributed by atoms with Crippen molar-refractivity contribution in [1.82, 2.24) is 20.1 Å². The Kier molecular flexibility index (Phi) is 5.81. The van der Waals surface area contributed by atoms with Crippen molar-refractivity contribution in [2.75, 3.05) is 13.2 Å². The summed E-state index contributed by atoms with van der Waals surface area (Å²) in [5.41, 5.74) is 1.09. The highest BCUT2D eigenvalue weighted by Crippen LogP contribution is 2.26. The van der Waals surface area contributed by atoms with Gasteiger partial charge in [0.25, 0.3) is 0 Å². The van der Waals surface area contributed by atoms with Crippen molar-refractivity contribution in [2.24, 2.45) is 0 Å². The number of aromatic nitrogens is 3. The zero-order chi connectivity index (χ0) is 17.7. The molecule has 0 saturated carbocycles. The number of halogens is 1. The van der Waals surface area contributed by atoms with Crippen LogP contribution in [0.25, 0.3) is 0 Å². The Bertz CT molecular complexity index is 677. The van der Waals surface area contributed by atoms with E-state index in [0.29, 0.717) is 6.54 Å². The van der Waals surface area contributed by atoms with Crippen LogP contribution >= 0.6 is 0 Å². The zero-order valence-corrected chi connectivity index (χ0v) is 15.1. The minimum Gasteiger partial charge on any atom is -0.381 e. The van der Waals surface area contributed by atoms with E-state index in [1.54, 1.807) is 0 Å². The van der Waals surface area contributed by atoms with Crippen molar-refractivity contribution < 1.29 is 9.13 Å². The standard InChI is InChI=1S/C19H27FN4O/c1-3-10-24-15(2)22-23-18(24)14-21-19(8-11-25-12-9-19)13-16-4-6-17(20)7-5-16/h4-7,21H,3,8-14H2,1-2H3. The van der Waals surface area contributed by atoms with E-state index in [2.05, 4.69) is 27.0 Å². The van der Waals surface area contributed by atoms with Crippen LogP contribution < -0.4 is 5.32 Å². The average Bonchev–Trinajstić information content (AvgIpc) is 2.97. The molecular weight excluding hydrogens is 319 g/mol. The first-order chi connectivity index (χ1) is 12.1. The molecule has 1 aliphatic rings. The lowest BCUT2D eigenvalue weighted by atomic mass is 9.83. The molecule has 0 aliphatic carbocycles. The Morgan fingerprint density at radius 3 is 2.60 bits per heavy atom. The fraction of sp³-hybridized carbons (Fsp3) is 0.579. The van der Waals surface area contributed by atoms with Gasteiger partial charge in [-0.25, -0.2) is 4.39 Å². The summed E-state index contributed by atoms with van der Waals surface area (Å²) in [4.78, 5) is 0. The van der Waals surface area contributed by atoms with Crippen molar-refractivity contribution in [3.8, 4) is 0 Å². The summed E-state index contributed by atoms with van der Waals surface area (Å²) in [5.74, 6) is 1.74. The molecule has 1 aromatic heterocycles. The number of rotatable bonds is 7. The topological polar surface area (TPSA) is 52.0 Å². The largest absolute Gasteiger partial charge is 0.381 e. The highest BCUT2D eigenvalue weighted by atomic mass is 19.1. The maximum atomic E-state index is 13.2. The van der Waals surface area contributed by atoms with Crippen molar-refractivity contribution in [3.05, 3.63) is 47.3 Å². The Morgan fingerprint density at radius 1 is 1.20 bits per heavy atom. The quantitative estimate of drug-likeness (QED) is 0.837. The van der Waals surface area contributed by atoms with Gasteiger partial charge in [0.1, 0.15) is 17.5 Å². The second kappa shape index (κ2) is 8.06. The molecule has 0 amide bonds. The molecule has 0 spiro atoms. The lowest BCUT2D eigenvalue weighted by molar-refractivity contribution is 0.0369. The molecule has 1 aliphatic heterocycles. The number of hydrogen-bond acceptors (Lipinski definition) is 4. The first-order valence-corrected chi connectivity index (χ1v) is 9.08. The van der Waals surface area contributed by atoms with Gasteiger partial charge in [-0.2, -0.15) is 0 Å². The summed E-state index contributed by atoms with van der Waals surface area (Å²) in [7, 11) is 0. The molecule has 1 saturated heterocycles. The molecule has 1 fully saturated rings. The SMILES string of the molecule is CCCn1c(C)nnc1CNC1(Cc2ccc(F)cc2)CCOCC1. The van der Waals surface area contributed by atoms with Gasteiger partial charge in [0, 0.05) is 25.3 Å². The number of hydrogen-bond donors (Lipinski definition) is 1. The molecule has 0 unspecified atom stereocenters. The summed E-state index contributed by atoms with van der Waals surface area (Å²) < 4.78 is 20.9. The van der Waals surface area contributed by atoms with Crippen LogP contribution in [0.4, 0.5) is 4.39 Å². The maximum absolute atomic E-state index is 13.2. The molecule has 0 bridgehead atoms. The fourth-order valence-corrected chi connectivity index (χ4v) is 3.51. The van der Waals surface area contributed by atoms with Gasteiger partial charge in [-0.1, -0.05) is 19.1 Å². The summed E-state index contributed by atoms with van der Waals surface area (Å²) >= 11 is 0. The van der Waals surface area contributed by atoms with E-state index in [0.717, 1.165) is 62.7 Å². The number of aryl methyl sites for hydroxylation is 1. The molecule has 0 radical (unpaired) electrons. The molecule has 2 aromatic rings. The van der Waals surface area contributed by atoms with Crippen LogP contribution in [0.5, 0.6) is 0 Å². The molecule has 3 rings (SSSR count). The minimum absolute atomic E-state index is 0.0486. The predicted octanol–water partition coefficient (Wildman–Crippen LogP) is 3.02. The van der Waals surface area contributed by atoms with Gasteiger partial charge in [0.15, 0.2) is 0 Å². The van der Waals surface area contributed by atoms with Crippen LogP contribution in [0.15, 0.2) is 24.3 Å². The van der Waals surface area contributed by atoms with Crippen molar-refractivity contribution in [2.45, 2.75) is 58.2 Å². The fourth-order valence-electron chi connectivity index (χ4n) is 3.51. The highest BCUT2D eigenvalue weighted by Gasteiger charge is 2.32. The van der Waals surface area contributed by atoms with E-state index in [1.165, 1.54) is 12.1 Å². The molecule has 1 aromatic carbocycles. The van der Waals surface area contributed by atoms with E-state index in [4.69, 9.17) is 4.74 Å². The van der Waals surface area contributed by atoms with Crippen molar-refractivity contribution >= 4 is 0 Å². The third-order valence-corrected chi connectivity index (χ3v) is 4.99. The minimum atomic E-state index is -0.194. The molecule has 2 heterocycles. The molecule has 25 heavy (non-hydrogen) atoms. The average molecular weight is 346 g/mol. The smallest absolute Gasteiger partial charge is 0.147 e. The van der Waals surface area contributed by atoms with Gasteiger partial charge < -0.3 is 14.6 Å². The van der Waals surface area contributed by atoms with Crippen LogP contribution in [0.2, 0.25) is 0 Å². The number of ether oxygens (including phenoxy) is 1. The molecule has 1 N–H and O–H groups in total. The first kappa shape index (κ1) is 18.0. The molecular formula is C19H27FN4O. The highest BCUT2D eigenvalue weighted by molar-refractivity contribution is 5.19. The third kappa shape index (κ3) is 4.44. The summed E-state index contributed by atoms with van der Waals surface area (Å²) in [6, 6.07) is 6.81. The van der Waals surface area contributed by atoms with E-state index in [1.807, 2.05) is 19.1 Å². The lowest BCUT2D eigenvalue weighted by Crippen LogP contribution is -2.51. The van der Waals surface area contributed by atoms with E-state index in [9.17, 15) is 4.39 Å². The summed E-state index contributed by atoms with van der Waals surface area (Å²) in [6.07, 6.45) is 3.79. The van der Waals surface area contributed by atoms with Gasteiger partial charge in [-0.05, 0) is 50.3 Å². The van der Waals surface area contributed by atoms with Gasteiger partial charge >= 0.3 is 0 Å². The Morgan fingerprint density at radius 2 is 1.92 bits per heavy atom.